The summed E-state index contributed by atoms with van der Waals surface area (Å²) in [6, 6.07) is 3.11. The lowest BCUT2D eigenvalue weighted by molar-refractivity contribution is 0.370. The second kappa shape index (κ2) is 5.62. The van der Waals surface area contributed by atoms with Crippen LogP contribution in [0.15, 0.2) is 16.9 Å². The molecule has 0 saturated heterocycles. The summed E-state index contributed by atoms with van der Waals surface area (Å²) in [5, 5.41) is 5.92. The molecule has 0 N–H and O–H groups in total. The highest BCUT2D eigenvalue weighted by atomic mass is 35.5. The molecule has 0 radical (unpaired) electrons. The van der Waals surface area contributed by atoms with Gasteiger partial charge in [0.1, 0.15) is 17.4 Å². The predicted octanol–water partition coefficient (Wildman–Crippen LogP) is 3.66. The van der Waals surface area contributed by atoms with Crippen LogP contribution in [-0.2, 0) is 5.41 Å². The normalized spacial score (nSPS) is 15.4. The highest BCUT2D eigenvalue weighted by Gasteiger charge is 2.42. The SMILES string of the molecule is C#CCOc1cc(-n2nc(C3(C)CC3)sc2=O)c(Cl)cc1Cl. The number of nitrogens with zero attached hydrogens (tertiary/aromatic N) is 2. The van der Waals surface area contributed by atoms with Crippen LogP contribution in [0, 0.1) is 12.3 Å². The molecule has 1 aromatic carbocycles. The van der Waals surface area contributed by atoms with Gasteiger partial charge in [0.05, 0.1) is 15.7 Å². The van der Waals surface area contributed by atoms with Gasteiger partial charge < -0.3 is 4.74 Å². The van der Waals surface area contributed by atoms with Crippen molar-refractivity contribution in [2.45, 2.75) is 25.2 Å². The van der Waals surface area contributed by atoms with Crippen LogP contribution in [0.1, 0.15) is 24.8 Å². The first-order chi connectivity index (χ1) is 10.4. The molecular weight excluding hydrogens is 343 g/mol. The first-order valence-electron chi connectivity index (χ1n) is 6.61. The maximum absolute atomic E-state index is 12.2. The number of hydrogen-bond acceptors (Lipinski definition) is 4. The third-order valence-electron chi connectivity index (χ3n) is 3.60. The van der Waals surface area contributed by atoms with E-state index in [1.165, 1.54) is 10.7 Å². The zero-order valence-electron chi connectivity index (χ0n) is 11.7. The summed E-state index contributed by atoms with van der Waals surface area (Å²) in [5.41, 5.74) is 0.464. The van der Waals surface area contributed by atoms with E-state index >= 15 is 0 Å². The van der Waals surface area contributed by atoms with E-state index in [-0.39, 0.29) is 16.9 Å². The Morgan fingerprint density at radius 1 is 1.45 bits per heavy atom. The number of aromatic nitrogens is 2. The summed E-state index contributed by atoms with van der Waals surface area (Å²) in [7, 11) is 0. The van der Waals surface area contributed by atoms with Gasteiger partial charge >= 0.3 is 4.87 Å². The van der Waals surface area contributed by atoms with Crippen LogP contribution in [0.4, 0.5) is 0 Å². The molecule has 0 atom stereocenters. The fourth-order valence-electron chi connectivity index (χ4n) is 1.99. The Kier molecular flexibility index (Phi) is 3.94. The summed E-state index contributed by atoms with van der Waals surface area (Å²) in [6.45, 7) is 2.18. The zero-order valence-corrected chi connectivity index (χ0v) is 14.1. The highest BCUT2D eigenvalue weighted by Crippen LogP contribution is 2.47. The molecule has 0 unspecified atom stereocenters. The highest BCUT2D eigenvalue weighted by molar-refractivity contribution is 7.09. The maximum Gasteiger partial charge on any atom is 0.329 e. The van der Waals surface area contributed by atoms with Crippen molar-refractivity contribution in [1.82, 2.24) is 9.78 Å². The van der Waals surface area contributed by atoms with Crippen molar-refractivity contribution >= 4 is 34.5 Å². The molecule has 0 amide bonds. The third-order valence-corrected chi connectivity index (χ3v) is 5.32. The molecule has 0 bridgehead atoms. The summed E-state index contributed by atoms with van der Waals surface area (Å²) in [6.07, 6.45) is 7.27. The van der Waals surface area contributed by atoms with Crippen molar-refractivity contribution in [3.05, 3.63) is 36.9 Å². The van der Waals surface area contributed by atoms with Crippen molar-refractivity contribution in [3.8, 4) is 23.8 Å². The van der Waals surface area contributed by atoms with Crippen LogP contribution in [-0.4, -0.2) is 16.4 Å². The van der Waals surface area contributed by atoms with Crippen LogP contribution >= 0.6 is 34.5 Å². The average molecular weight is 355 g/mol. The molecule has 2 aromatic rings. The summed E-state index contributed by atoms with van der Waals surface area (Å²) >= 11 is 13.4. The largest absolute Gasteiger partial charge is 0.479 e. The molecule has 3 rings (SSSR count). The Morgan fingerprint density at radius 3 is 2.82 bits per heavy atom. The summed E-state index contributed by atoms with van der Waals surface area (Å²) < 4.78 is 6.66. The number of terminal acetylenes is 1. The van der Waals surface area contributed by atoms with E-state index < -0.39 is 0 Å². The van der Waals surface area contributed by atoms with Gasteiger partial charge in [-0.3, -0.25) is 4.79 Å². The number of hydrogen-bond donors (Lipinski definition) is 0. The number of halogens is 2. The molecule has 0 spiro atoms. The topological polar surface area (TPSA) is 44.1 Å². The maximum atomic E-state index is 12.2. The number of rotatable bonds is 4. The molecular formula is C15H12Cl2N2O2S. The Bertz CT molecular complexity index is 831. The first-order valence-corrected chi connectivity index (χ1v) is 8.18. The van der Waals surface area contributed by atoms with Crippen LogP contribution in [0.2, 0.25) is 10.0 Å². The molecule has 1 heterocycles. The van der Waals surface area contributed by atoms with Crippen molar-refractivity contribution in [2.75, 3.05) is 6.61 Å². The van der Waals surface area contributed by atoms with Crippen molar-refractivity contribution in [3.63, 3.8) is 0 Å². The van der Waals surface area contributed by atoms with Crippen molar-refractivity contribution < 1.29 is 4.74 Å². The molecule has 7 heteroatoms. The minimum absolute atomic E-state index is 0.0246. The van der Waals surface area contributed by atoms with E-state index in [1.54, 1.807) is 6.07 Å². The van der Waals surface area contributed by atoms with Gasteiger partial charge in [-0.05, 0) is 18.9 Å². The molecule has 1 saturated carbocycles. The smallest absolute Gasteiger partial charge is 0.329 e. The molecule has 0 aliphatic heterocycles. The Balaban J connectivity index is 2.06. The van der Waals surface area contributed by atoms with Crippen LogP contribution in [0.5, 0.6) is 5.75 Å². The molecule has 114 valence electrons. The van der Waals surface area contributed by atoms with Gasteiger partial charge in [-0.1, -0.05) is 47.4 Å². The monoisotopic (exact) mass is 354 g/mol. The first kappa shape index (κ1) is 15.4. The lowest BCUT2D eigenvalue weighted by Crippen LogP contribution is -2.13. The van der Waals surface area contributed by atoms with E-state index in [2.05, 4.69) is 17.9 Å². The fraction of sp³-hybridized carbons (Fsp3) is 0.333. The van der Waals surface area contributed by atoms with Crippen molar-refractivity contribution in [1.29, 1.82) is 0 Å². The summed E-state index contributed by atoms with van der Waals surface area (Å²) in [4.78, 5) is 12.0. The standard InChI is InChI=1S/C15H12Cl2N2O2S/c1-3-6-21-12-8-11(9(16)7-10(12)17)19-14(20)22-13(18-19)15(2)4-5-15/h1,7-8H,4-6H2,2H3. The van der Waals surface area contributed by atoms with E-state index in [1.807, 2.05) is 0 Å². The van der Waals surface area contributed by atoms with Gasteiger partial charge in [0.15, 0.2) is 0 Å². The number of benzene rings is 1. The minimum atomic E-state index is -0.185. The summed E-state index contributed by atoms with van der Waals surface area (Å²) in [5.74, 6) is 2.74. The quantitative estimate of drug-likeness (QED) is 0.786. The van der Waals surface area contributed by atoms with Crippen LogP contribution in [0.25, 0.3) is 5.69 Å². The lowest BCUT2D eigenvalue weighted by Gasteiger charge is -2.09. The average Bonchev–Trinajstić information content (AvgIpc) is 3.10. The van der Waals surface area contributed by atoms with Gasteiger partial charge in [0.25, 0.3) is 0 Å². The van der Waals surface area contributed by atoms with E-state index in [0.29, 0.717) is 21.5 Å². The molecule has 22 heavy (non-hydrogen) atoms. The number of ether oxygens (including phenoxy) is 1. The van der Waals surface area contributed by atoms with Gasteiger partial charge in [0, 0.05) is 11.5 Å². The van der Waals surface area contributed by atoms with E-state index in [0.717, 1.165) is 29.2 Å². The zero-order chi connectivity index (χ0) is 15.9. The van der Waals surface area contributed by atoms with Gasteiger partial charge in [-0.2, -0.15) is 9.78 Å². The minimum Gasteiger partial charge on any atom is -0.479 e. The molecule has 4 nitrogen and oxygen atoms in total. The fourth-order valence-corrected chi connectivity index (χ4v) is 3.47. The van der Waals surface area contributed by atoms with E-state index in [9.17, 15) is 4.79 Å². The molecule has 1 aliphatic carbocycles. The molecule has 1 fully saturated rings. The van der Waals surface area contributed by atoms with Crippen LogP contribution in [0.3, 0.4) is 0 Å². The van der Waals surface area contributed by atoms with Gasteiger partial charge in [-0.25, -0.2) is 0 Å². The van der Waals surface area contributed by atoms with Gasteiger partial charge in [-0.15, -0.1) is 6.42 Å². The predicted molar refractivity (Wildman–Crippen MR) is 88.6 cm³/mol. The van der Waals surface area contributed by atoms with Gasteiger partial charge in [0.2, 0.25) is 0 Å². The Hall–Kier alpha value is -1.48. The molecule has 1 aromatic heterocycles. The third kappa shape index (κ3) is 2.74. The van der Waals surface area contributed by atoms with E-state index in [4.69, 9.17) is 34.4 Å². The molecule has 1 aliphatic rings. The Morgan fingerprint density at radius 2 is 2.18 bits per heavy atom. The lowest BCUT2D eigenvalue weighted by atomic mass is 10.2. The van der Waals surface area contributed by atoms with Crippen LogP contribution < -0.4 is 9.61 Å². The Labute approximate surface area is 141 Å². The second-order valence-electron chi connectivity index (χ2n) is 5.37. The van der Waals surface area contributed by atoms with Crippen molar-refractivity contribution in [2.24, 2.45) is 0 Å². The second-order valence-corrected chi connectivity index (χ2v) is 7.13.